The number of carbonyl (C=O) groups excluding carboxylic acids is 1. The zero-order valence-electron chi connectivity index (χ0n) is 7.92. The van der Waals surface area contributed by atoms with Gasteiger partial charge in [-0.2, -0.15) is 0 Å². The van der Waals surface area contributed by atoms with Crippen molar-refractivity contribution in [3.05, 3.63) is 0 Å². The van der Waals surface area contributed by atoms with Gasteiger partial charge in [-0.1, -0.05) is 0 Å². The molecule has 0 aliphatic heterocycles. The second-order valence-corrected chi connectivity index (χ2v) is 4.48. The summed E-state index contributed by atoms with van der Waals surface area (Å²) in [6, 6.07) is 0.546. The van der Waals surface area contributed by atoms with Crippen LogP contribution in [0, 0.1) is 11.8 Å². The third-order valence-electron chi connectivity index (χ3n) is 3.50. The van der Waals surface area contributed by atoms with Gasteiger partial charge in [-0.3, -0.25) is 4.79 Å². The van der Waals surface area contributed by atoms with Crippen molar-refractivity contribution in [2.75, 3.05) is 14.1 Å². The average Bonchev–Trinajstić information content (AvgIpc) is 2.37. The fourth-order valence-electron chi connectivity index (χ4n) is 2.80. The molecule has 3 unspecified atom stereocenters. The number of nitrogens with zero attached hydrogens (tertiary/aromatic N) is 1. The molecule has 0 N–H and O–H groups in total. The van der Waals surface area contributed by atoms with E-state index < -0.39 is 0 Å². The molecule has 0 radical (unpaired) electrons. The van der Waals surface area contributed by atoms with Crippen molar-refractivity contribution >= 4 is 5.78 Å². The molecule has 0 amide bonds. The normalized spacial score (nSPS) is 40.9. The Morgan fingerprint density at radius 1 is 1.33 bits per heavy atom. The first kappa shape index (κ1) is 8.24. The Labute approximate surface area is 73.9 Å². The number of Topliss-reactive ketones (excluding diaryl/α,β-unsaturated/α-hetero) is 1. The first-order valence-electron chi connectivity index (χ1n) is 4.87. The van der Waals surface area contributed by atoms with Crippen molar-refractivity contribution in [1.29, 1.82) is 0 Å². The van der Waals surface area contributed by atoms with E-state index in [4.69, 9.17) is 0 Å². The highest BCUT2D eigenvalue weighted by atomic mass is 16.1. The Bertz CT molecular complexity index is 200. The maximum absolute atomic E-state index is 11.5. The van der Waals surface area contributed by atoms with Gasteiger partial charge in [-0.05, 0) is 39.3 Å². The van der Waals surface area contributed by atoms with Crippen LogP contribution < -0.4 is 0 Å². The third-order valence-corrected chi connectivity index (χ3v) is 3.50. The lowest BCUT2D eigenvalue weighted by atomic mass is 9.87. The van der Waals surface area contributed by atoms with Gasteiger partial charge in [0.2, 0.25) is 0 Å². The first-order chi connectivity index (χ1) is 5.68. The molecule has 2 fully saturated rings. The molecule has 2 aliphatic rings. The second kappa shape index (κ2) is 2.84. The van der Waals surface area contributed by atoms with Gasteiger partial charge in [0.05, 0.1) is 0 Å². The van der Waals surface area contributed by atoms with Crippen molar-refractivity contribution < 1.29 is 4.79 Å². The van der Waals surface area contributed by atoms with Crippen LogP contribution in [0.25, 0.3) is 0 Å². The molecule has 68 valence electrons. The summed E-state index contributed by atoms with van der Waals surface area (Å²) in [6.07, 6.45) is 4.42. The Hall–Kier alpha value is -0.370. The summed E-state index contributed by atoms with van der Waals surface area (Å²) in [5.41, 5.74) is 0. The standard InChI is InChI=1S/C10H17NO/c1-11(2)9-6-7-3-4-10(12)8(9)5-7/h7-9H,3-6H2,1-2H3. The lowest BCUT2D eigenvalue weighted by Gasteiger charge is -2.24. The lowest BCUT2D eigenvalue weighted by molar-refractivity contribution is -0.125. The molecule has 0 saturated heterocycles. The zero-order chi connectivity index (χ0) is 8.72. The Morgan fingerprint density at radius 2 is 2.08 bits per heavy atom. The van der Waals surface area contributed by atoms with Gasteiger partial charge in [-0.15, -0.1) is 0 Å². The summed E-state index contributed by atoms with van der Waals surface area (Å²) in [5.74, 6) is 1.74. The number of rotatable bonds is 1. The third kappa shape index (κ3) is 1.18. The lowest BCUT2D eigenvalue weighted by Crippen LogP contribution is -2.35. The summed E-state index contributed by atoms with van der Waals surface area (Å²) in [7, 11) is 4.19. The van der Waals surface area contributed by atoms with E-state index in [9.17, 15) is 4.79 Å². The van der Waals surface area contributed by atoms with E-state index in [2.05, 4.69) is 19.0 Å². The largest absolute Gasteiger partial charge is 0.306 e. The molecule has 0 aromatic rings. The molecule has 0 aromatic heterocycles. The van der Waals surface area contributed by atoms with E-state index in [-0.39, 0.29) is 0 Å². The highest BCUT2D eigenvalue weighted by Gasteiger charge is 2.42. The van der Waals surface area contributed by atoms with Gasteiger partial charge in [-0.25, -0.2) is 0 Å². The van der Waals surface area contributed by atoms with Crippen LogP contribution in [0.4, 0.5) is 0 Å². The molecule has 2 aliphatic carbocycles. The number of carbonyl (C=O) groups is 1. The Kier molecular flexibility index (Phi) is 1.95. The second-order valence-electron chi connectivity index (χ2n) is 4.48. The molecule has 0 spiro atoms. The number of hydrogen-bond donors (Lipinski definition) is 0. The SMILES string of the molecule is CN(C)C1CC2CCC(=O)C1C2. The predicted molar refractivity (Wildman–Crippen MR) is 47.9 cm³/mol. The molecule has 2 heteroatoms. The molecule has 3 atom stereocenters. The molecular weight excluding hydrogens is 150 g/mol. The van der Waals surface area contributed by atoms with Crippen molar-refractivity contribution in [1.82, 2.24) is 4.90 Å². The molecule has 2 rings (SSSR count). The van der Waals surface area contributed by atoms with Crippen molar-refractivity contribution in [2.45, 2.75) is 31.7 Å². The van der Waals surface area contributed by atoms with Gasteiger partial charge in [0.15, 0.2) is 0 Å². The van der Waals surface area contributed by atoms with E-state index in [0.29, 0.717) is 17.7 Å². The average molecular weight is 167 g/mol. The first-order valence-corrected chi connectivity index (χ1v) is 4.87. The van der Waals surface area contributed by atoms with Gasteiger partial charge >= 0.3 is 0 Å². The highest BCUT2D eigenvalue weighted by Crippen LogP contribution is 2.41. The van der Waals surface area contributed by atoms with Crippen molar-refractivity contribution in [3.8, 4) is 0 Å². The fourth-order valence-corrected chi connectivity index (χ4v) is 2.80. The fraction of sp³-hybridized carbons (Fsp3) is 0.900. The summed E-state index contributed by atoms with van der Waals surface area (Å²) < 4.78 is 0. The molecule has 2 saturated carbocycles. The monoisotopic (exact) mass is 167 g/mol. The van der Waals surface area contributed by atoms with Crippen LogP contribution in [-0.2, 0) is 4.79 Å². The molecule has 0 aromatic carbocycles. The van der Waals surface area contributed by atoms with Crippen molar-refractivity contribution in [2.24, 2.45) is 11.8 Å². The van der Waals surface area contributed by atoms with Gasteiger partial charge in [0.1, 0.15) is 5.78 Å². The highest BCUT2D eigenvalue weighted by molar-refractivity contribution is 5.83. The molecule has 2 bridgehead atoms. The minimum Gasteiger partial charge on any atom is -0.306 e. The van der Waals surface area contributed by atoms with E-state index in [1.54, 1.807) is 0 Å². The molecule has 0 heterocycles. The molecular formula is C10H17NO. The van der Waals surface area contributed by atoms with E-state index >= 15 is 0 Å². The summed E-state index contributed by atoms with van der Waals surface area (Å²) in [5, 5.41) is 0. The van der Waals surface area contributed by atoms with E-state index in [1.807, 2.05) is 0 Å². The van der Waals surface area contributed by atoms with E-state index in [0.717, 1.165) is 18.8 Å². The predicted octanol–water partition coefficient (Wildman–Crippen LogP) is 1.31. The Morgan fingerprint density at radius 3 is 2.75 bits per heavy atom. The Balaban J connectivity index is 2.14. The van der Waals surface area contributed by atoms with Gasteiger partial charge in [0.25, 0.3) is 0 Å². The van der Waals surface area contributed by atoms with Crippen LogP contribution in [0.3, 0.4) is 0 Å². The maximum Gasteiger partial charge on any atom is 0.137 e. The maximum atomic E-state index is 11.5. The minimum absolute atomic E-state index is 0.374. The molecule has 12 heavy (non-hydrogen) atoms. The number of hydrogen-bond acceptors (Lipinski definition) is 2. The van der Waals surface area contributed by atoms with Crippen LogP contribution in [0.1, 0.15) is 25.7 Å². The number of fused-ring (bicyclic) bond motifs is 2. The summed E-state index contributed by atoms with van der Waals surface area (Å²) in [4.78, 5) is 13.8. The summed E-state index contributed by atoms with van der Waals surface area (Å²) >= 11 is 0. The summed E-state index contributed by atoms with van der Waals surface area (Å²) in [6.45, 7) is 0. The quantitative estimate of drug-likeness (QED) is 0.587. The zero-order valence-corrected chi connectivity index (χ0v) is 7.92. The smallest absolute Gasteiger partial charge is 0.137 e. The van der Waals surface area contributed by atoms with Crippen molar-refractivity contribution in [3.63, 3.8) is 0 Å². The van der Waals surface area contributed by atoms with Crippen LogP contribution in [0.2, 0.25) is 0 Å². The van der Waals surface area contributed by atoms with E-state index in [1.165, 1.54) is 12.8 Å². The van der Waals surface area contributed by atoms with Crippen LogP contribution in [0.15, 0.2) is 0 Å². The van der Waals surface area contributed by atoms with Crippen LogP contribution in [-0.4, -0.2) is 30.8 Å². The van der Waals surface area contributed by atoms with Gasteiger partial charge in [0, 0.05) is 18.4 Å². The molecule has 2 nitrogen and oxygen atoms in total. The van der Waals surface area contributed by atoms with Crippen LogP contribution in [0.5, 0.6) is 0 Å². The van der Waals surface area contributed by atoms with Crippen LogP contribution >= 0.6 is 0 Å². The van der Waals surface area contributed by atoms with Gasteiger partial charge < -0.3 is 4.90 Å². The number of ketones is 1. The topological polar surface area (TPSA) is 20.3 Å². The minimum atomic E-state index is 0.374.